The molecule has 0 amide bonds. The van der Waals surface area contributed by atoms with Crippen molar-refractivity contribution in [1.29, 1.82) is 5.41 Å². The third-order valence-electron chi connectivity index (χ3n) is 1.63. The van der Waals surface area contributed by atoms with Crippen LogP contribution in [0.25, 0.3) is 0 Å². The molecular weight excluding hydrogens is 171 g/mol. The van der Waals surface area contributed by atoms with E-state index in [0.29, 0.717) is 5.56 Å². The average Bonchev–Trinajstić information content (AvgIpc) is 2.03. The largest absolute Gasteiger partial charge is 0.493 e. The number of nitrogens with one attached hydrogen (secondary N) is 1. The first-order valence-electron chi connectivity index (χ1n) is 3.79. The SMILES string of the molecule is COc1c(F)cccc1CC(=N)N. The highest BCUT2D eigenvalue weighted by Gasteiger charge is 2.08. The summed E-state index contributed by atoms with van der Waals surface area (Å²) >= 11 is 0. The number of halogens is 1. The van der Waals surface area contributed by atoms with Crippen molar-refractivity contribution in [1.82, 2.24) is 0 Å². The molecule has 0 fully saturated rings. The van der Waals surface area contributed by atoms with Gasteiger partial charge in [0.25, 0.3) is 0 Å². The van der Waals surface area contributed by atoms with Crippen molar-refractivity contribution < 1.29 is 9.13 Å². The van der Waals surface area contributed by atoms with Crippen LogP contribution < -0.4 is 10.5 Å². The monoisotopic (exact) mass is 182 g/mol. The Morgan fingerprint density at radius 1 is 1.62 bits per heavy atom. The van der Waals surface area contributed by atoms with E-state index in [-0.39, 0.29) is 18.0 Å². The quantitative estimate of drug-likeness (QED) is 0.547. The van der Waals surface area contributed by atoms with Crippen LogP contribution in [-0.4, -0.2) is 12.9 Å². The molecule has 3 N–H and O–H groups in total. The van der Waals surface area contributed by atoms with Gasteiger partial charge in [-0.15, -0.1) is 0 Å². The molecule has 4 heteroatoms. The molecule has 1 rings (SSSR count). The Bertz CT molecular complexity index is 325. The predicted molar refractivity (Wildman–Crippen MR) is 48.6 cm³/mol. The molecular formula is C9H11FN2O. The second-order valence-corrected chi connectivity index (χ2v) is 2.63. The predicted octanol–water partition coefficient (Wildman–Crippen LogP) is 1.31. The Labute approximate surface area is 75.8 Å². The summed E-state index contributed by atoms with van der Waals surface area (Å²) in [5.41, 5.74) is 5.80. The van der Waals surface area contributed by atoms with Gasteiger partial charge in [-0.1, -0.05) is 12.1 Å². The van der Waals surface area contributed by atoms with Crippen LogP contribution in [0.5, 0.6) is 5.75 Å². The number of nitrogens with two attached hydrogens (primary N) is 1. The second-order valence-electron chi connectivity index (χ2n) is 2.63. The zero-order valence-electron chi connectivity index (χ0n) is 7.30. The van der Waals surface area contributed by atoms with Crippen molar-refractivity contribution in [3.05, 3.63) is 29.6 Å². The number of ether oxygens (including phenoxy) is 1. The van der Waals surface area contributed by atoms with Crippen LogP contribution >= 0.6 is 0 Å². The zero-order valence-corrected chi connectivity index (χ0v) is 7.30. The molecule has 1 aromatic rings. The minimum atomic E-state index is -0.429. The minimum Gasteiger partial charge on any atom is -0.493 e. The highest BCUT2D eigenvalue weighted by molar-refractivity contribution is 5.80. The first kappa shape index (κ1) is 9.51. The number of benzene rings is 1. The summed E-state index contributed by atoms with van der Waals surface area (Å²) < 4.78 is 17.9. The Kier molecular flexibility index (Phi) is 2.84. The van der Waals surface area contributed by atoms with Crippen LogP contribution in [0.15, 0.2) is 18.2 Å². The lowest BCUT2D eigenvalue weighted by molar-refractivity contribution is 0.382. The van der Waals surface area contributed by atoms with Crippen molar-refractivity contribution in [2.45, 2.75) is 6.42 Å². The molecule has 0 atom stereocenters. The van der Waals surface area contributed by atoms with E-state index in [9.17, 15) is 4.39 Å². The summed E-state index contributed by atoms with van der Waals surface area (Å²) in [5, 5.41) is 7.07. The molecule has 3 nitrogen and oxygen atoms in total. The summed E-state index contributed by atoms with van der Waals surface area (Å²) in [7, 11) is 1.39. The molecule has 13 heavy (non-hydrogen) atoms. The second kappa shape index (κ2) is 3.89. The van der Waals surface area contributed by atoms with Crippen LogP contribution in [0.2, 0.25) is 0 Å². The normalized spacial score (nSPS) is 9.69. The first-order valence-corrected chi connectivity index (χ1v) is 3.79. The summed E-state index contributed by atoms with van der Waals surface area (Å²) in [6.07, 6.45) is 0.209. The van der Waals surface area contributed by atoms with Gasteiger partial charge in [-0.25, -0.2) is 4.39 Å². The molecule has 0 radical (unpaired) electrons. The highest BCUT2D eigenvalue weighted by Crippen LogP contribution is 2.22. The van der Waals surface area contributed by atoms with Gasteiger partial charge in [-0.2, -0.15) is 0 Å². The summed E-state index contributed by atoms with van der Waals surface area (Å²) in [5.74, 6) is -0.275. The van der Waals surface area contributed by atoms with E-state index >= 15 is 0 Å². The van der Waals surface area contributed by atoms with Crippen molar-refractivity contribution in [3.8, 4) is 5.75 Å². The maximum Gasteiger partial charge on any atom is 0.165 e. The van der Waals surface area contributed by atoms with Gasteiger partial charge in [0.1, 0.15) is 0 Å². The Balaban J connectivity index is 3.05. The molecule has 0 spiro atoms. The molecule has 0 saturated carbocycles. The number of rotatable bonds is 3. The fourth-order valence-corrected chi connectivity index (χ4v) is 1.13. The van der Waals surface area contributed by atoms with Crippen molar-refractivity contribution >= 4 is 5.84 Å². The lowest BCUT2D eigenvalue weighted by Gasteiger charge is -2.07. The molecule has 0 heterocycles. The molecule has 70 valence electrons. The molecule has 0 aliphatic heterocycles. The maximum atomic E-state index is 13.1. The number of para-hydroxylation sites is 1. The lowest BCUT2D eigenvalue weighted by atomic mass is 10.1. The van der Waals surface area contributed by atoms with Gasteiger partial charge in [0.05, 0.1) is 12.9 Å². The highest BCUT2D eigenvalue weighted by atomic mass is 19.1. The van der Waals surface area contributed by atoms with E-state index in [4.69, 9.17) is 15.9 Å². The van der Waals surface area contributed by atoms with E-state index < -0.39 is 5.82 Å². The van der Waals surface area contributed by atoms with E-state index in [1.165, 1.54) is 13.2 Å². The van der Waals surface area contributed by atoms with Crippen LogP contribution in [0.3, 0.4) is 0 Å². The van der Waals surface area contributed by atoms with E-state index in [0.717, 1.165) is 0 Å². The average molecular weight is 182 g/mol. The van der Waals surface area contributed by atoms with Gasteiger partial charge >= 0.3 is 0 Å². The Morgan fingerprint density at radius 2 is 2.31 bits per heavy atom. The van der Waals surface area contributed by atoms with Gasteiger partial charge < -0.3 is 10.5 Å². The van der Waals surface area contributed by atoms with Crippen LogP contribution in [0, 0.1) is 11.2 Å². The zero-order chi connectivity index (χ0) is 9.84. The smallest absolute Gasteiger partial charge is 0.165 e. The number of hydrogen-bond acceptors (Lipinski definition) is 2. The molecule has 0 bridgehead atoms. The standard InChI is InChI=1S/C9H11FN2O/c1-13-9-6(5-8(11)12)3-2-4-7(9)10/h2-4H,5H2,1H3,(H3,11,12). The molecule has 0 aromatic heterocycles. The van der Waals surface area contributed by atoms with Crippen molar-refractivity contribution in [3.63, 3.8) is 0 Å². The Hall–Kier alpha value is -1.58. The van der Waals surface area contributed by atoms with Gasteiger partial charge in [0.15, 0.2) is 11.6 Å². The Morgan fingerprint density at radius 3 is 2.85 bits per heavy atom. The molecule has 1 aromatic carbocycles. The third kappa shape index (κ3) is 2.18. The van der Waals surface area contributed by atoms with Gasteiger partial charge in [0, 0.05) is 12.0 Å². The van der Waals surface area contributed by atoms with Gasteiger partial charge in [-0.3, -0.25) is 5.41 Å². The van der Waals surface area contributed by atoms with Gasteiger partial charge in [-0.05, 0) is 6.07 Å². The van der Waals surface area contributed by atoms with E-state index in [1.807, 2.05) is 0 Å². The summed E-state index contributed by atoms with van der Waals surface area (Å²) in [4.78, 5) is 0. The fourth-order valence-electron chi connectivity index (χ4n) is 1.13. The minimum absolute atomic E-state index is 0.0103. The van der Waals surface area contributed by atoms with Crippen molar-refractivity contribution in [2.24, 2.45) is 5.73 Å². The van der Waals surface area contributed by atoms with Gasteiger partial charge in [0.2, 0.25) is 0 Å². The fraction of sp³-hybridized carbons (Fsp3) is 0.222. The van der Waals surface area contributed by atoms with Crippen LogP contribution in [0.1, 0.15) is 5.56 Å². The van der Waals surface area contributed by atoms with Crippen LogP contribution in [-0.2, 0) is 6.42 Å². The van der Waals surface area contributed by atoms with E-state index in [2.05, 4.69) is 0 Å². The molecule has 0 aliphatic rings. The number of hydrogen-bond donors (Lipinski definition) is 2. The molecule has 0 aliphatic carbocycles. The summed E-state index contributed by atoms with van der Waals surface area (Å²) in [6, 6.07) is 4.56. The maximum absolute atomic E-state index is 13.1. The number of amidine groups is 1. The lowest BCUT2D eigenvalue weighted by Crippen LogP contribution is -2.13. The molecule has 0 unspecified atom stereocenters. The summed E-state index contributed by atoms with van der Waals surface area (Å²) in [6.45, 7) is 0. The number of methoxy groups -OCH3 is 1. The first-order chi connectivity index (χ1) is 6.15. The topological polar surface area (TPSA) is 59.1 Å². The van der Waals surface area contributed by atoms with Crippen molar-refractivity contribution in [2.75, 3.05) is 7.11 Å². The van der Waals surface area contributed by atoms with E-state index in [1.54, 1.807) is 12.1 Å². The molecule has 0 saturated heterocycles. The third-order valence-corrected chi connectivity index (χ3v) is 1.63. The van der Waals surface area contributed by atoms with Crippen LogP contribution in [0.4, 0.5) is 4.39 Å².